The number of aliphatic imine (C=N–C) groups is 1. The Labute approximate surface area is 76.1 Å². The molecule has 0 amide bonds. The minimum Gasteiger partial charge on any atom is -0.349 e. The van der Waals surface area contributed by atoms with Gasteiger partial charge in [-0.2, -0.15) is 0 Å². The van der Waals surface area contributed by atoms with Crippen molar-refractivity contribution in [2.24, 2.45) is 4.99 Å². The molecule has 0 fully saturated rings. The summed E-state index contributed by atoms with van der Waals surface area (Å²) in [7, 11) is 7.95. The van der Waals surface area contributed by atoms with Gasteiger partial charge in [-0.3, -0.25) is 4.99 Å². The van der Waals surface area contributed by atoms with Crippen LogP contribution in [0.3, 0.4) is 0 Å². The third-order valence-corrected chi connectivity index (χ3v) is 1.79. The fourth-order valence-corrected chi connectivity index (χ4v) is 1.21. The first-order valence-electron chi connectivity index (χ1n) is 4.48. The van der Waals surface area contributed by atoms with Crippen molar-refractivity contribution in [3.05, 3.63) is 0 Å². The topological polar surface area (TPSA) is 18.8 Å². The second kappa shape index (κ2) is 5.86. The summed E-state index contributed by atoms with van der Waals surface area (Å²) >= 11 is 0. The molecule has 0 rings (SSSR count). The van der Waals surface area contributed by atoms with Crippen molar-refractivity contribution in [1.82, 2.24) is 9.80 Å². The Kier molecular flexibility index (Phi) is 5.51. The minimum atomic E-state index is 1.04. The Morgan fingerprint density at radius 2 is 1.83 bits per heavy atom. The van der Waals surface area contributed by atoms with Gasteiger partial charge in [0.2, 0.25) is 0 Å². The molecule has 0 atom stereocenters. The number of guanidine groups is 1. The van der Waals surface area contributed by atoms with Crippen LogP contribution < -0.4 is 0 Å². The first-order valence-corrected chi connectivity index (χ1v) is 4.48. The molecule has 0 spiro atoms. The van der Waals surface area contributed by atoms with E-state index in [-0.39, 0.29) is 0 Å². The molecule has 12 heavy (non-hydrogen) atoms. The lowest BCUT2D eigenvalue weighted by atomic mass is 10.3. The molecule has 3 heteroatoms. The molecule has 0 saturated heterocycles. The molecule has 0 bridgehead atoms. The number of hydrogen-bond acceptors (Lipinski definition) is 1. The van der Waals surface area contributed by atoms with Gasteiger partial charge in [0.05, 0.1) is 0 Å². The van der Waals surface area contributed by atoms with E-state index >= 15 is 0 Å². The van der Waals surface area contributed by atoms with Gasteiger partial charge in [-0.25, -0.2) is 0 Å². The summed E-state index contributed by atoms with van der Waals surface area (Å²) in [6, 6.07) is 0. The van der Waals surface area contributed by atoms with Gasteiger partial charge >= 0.3 is 0 Å². The molecule has 0 aliphatic heterocycles. The van der Waals surface area contributed by atoms with Crippen LogP contribution in [0.5, 0.6) is 0 Å². The van der Waals surface area contributed by atoms with Crippen LogP contribution in [0.1, 0.15) is 19.8 Å². The van der Waals surface area contributed by atoms with E-state index in [2.05, 4.69) is 23.9 Å². The Hall–Kier alpha value is -0.730. The molecule has 0 aromatic heterocycles. The van der Waals surface area contributed by atoms with Gasteiger partial charge in [0, 0.05) is 34.7 Å². The molecule has 3 nitrogen and oxygen atoms in total. The van der Waals surface area contributed by atoms with Crippen LogP contribution in [0.25, 0.3) is 0 Å². The van der Waals surface area contributed by atoms with Gasteiger partial charge < -0.3 is 9.80 Å². The Balaban J connectivity index is 3.96. The summed E-state index contributed by atoms with van der Waals surface area (Å²) in [6.07, 6.45) is 2.46. The zero-order valence-corrected chi connectivity index (χ0v) is 8.96. The lowest BCUT2D eigenvalue weighted by Gasteiger charge is -2.25. The van der Waals surface area contributed by atoms with Crippen molar-refractivity contribution in [3.8, 4) is 0 Å². The van der Waals surface area contributed by atoms with E-state index in [1.165, 1.54) is 12.8 Å². The van der Waals surface area contributed by atoms with Crippen LogP contribution >= 0.6 is 0 Å². The summed E-state index contributed by atoms with van der Waals surface area (Å²) in [4.78, 5) is 8.43. The van der Waals surface area contributed by atoms with Crippen LogP contribution in [0.2, 0.25) is 0 Å². The molecule has 0 aliphatic rings. The molecule has 0 saturated carbocycles. The van der Waals surface area contributed by atoms with Gasteiger partial charge in [0.1, 0.15) is 0 Å². The van der Waals surface area contributed by atoms with E-state index in [0.717, 1.165) is 12.5 Å². The van der Waals surface area contributed by atoms with Crippen molar-refractivity contribution in [1.29, 1.82) is 0 Å². The standard InChI is InChI=1S/C9H21N3/c1-6-7-8-12(5)9(10-2)11(3)4/h6-8H2,1-5H3. The Bertz CT molecular complexity index is 141. The van der Waals surface area contributed by atoms with Gasteiger partial charge in [-0.1, -0.05) is 13.3 Å². The highest BCUT2D eigenvalue weighted by Gasteiger charge is 2.05. The van der Waals surface area contributed by atoms with Crippen LogP contribution in [-0.4, -0.2) is 50.5 Å². The highest BCUT2D eigenvalue weighted by Crippen LogP contribution is 1.95. The maximum Gasteiger partial charge on any atom is 0.195 e. The van der Waals surface area contributed by atoms with Gasteiger partial charge in [-0.05, 0) is 6.42 Å². The molecule has 0 aromatic rings. The van der Waals surface area contributed by atoms with Gasteiger partial charge in [-0.15, -0.1) is 0 Å². The first-order chi connectivity index (χ1) is 5.63. The summed E-state index contributed by atoms with van der Waals surface area (Å²) in [5.41, 5.74) is 0. The third-order valence-electron chi connectivity index (χ3n) is 1.79. The predicted octanol–water partition coefficient (Wildman–Crippen LogP) is 1.27. The lowest BCUT2D eigenvalue weighted by Crippen LogP contribution is -2.38. The van der Waals surface area contributed by atoms with Crippen molar-refractivity contribution in [2.75, 3.05) is 34.7 Å². The van der Waals surface area contributed by atoms with E-state index < -0.39 is 0 Å². The molecule has 0 N–H and O–H groups in total. The second-order valence-electron chi connectivity index (χ2n) is 3.19. The molecule has 0 radical (unpaired) electrons. The van der Waals surface area contributed by atoms with Crippen molar-refractivity contribution in [2.45, 2.75) is 19.8 Å². The van der Waals surface area contributed by atoms with Gasteiger partial charge in [0.25, 0.3) is 0 Å². The van der Waals surface area contributed by atoms with E-state index in [9.17, 15) is 0 Å². The van der Waals surface area contributed by atoms with Crippen molar-refractivity contribution >= 4 is 5.96 Å². The monoisotopic (exact) mass is 171 g/mol. The highest BCUT2D eigenvalue weighted by molar-refractivity contribution is 5.79. The molecule has 0 unspecified atom stereocenters. The summed E-state index contributed by atoms with van der Waals surface area (Å²) in [6.45, 7) is 3.29. The van der Waals surface area contributed by atoms with Crippen LogP contribution in [0.4, 0.5) is 0 Å². The quantitative estimate of drug-likeness (QED) is 0.470. The number of rotatable bonds is 3. The van der Waals surface area contributed by atoms with E-state index in [1.54, 1.807) is 0 Å². The maximum absolute atomic E-state index is 4.21. The molecular formula is C9H21N3. The van der Waals surface area contributed by atoms with E-state index in [4.69, 9.17) is 0 Å². The lowest BCUT2D eigenvalue weighted by molar-refractivity contribution is 0.414. The maximum atomic E-state index is 4.21. The number of hydrogen-bond donors (Lipinski definition) is 0. The Morgan fingerprint density at radius 1 is 1.25 bits per heavy atom. The second-order valence-corrected chi connectivity index (χ2v) is 3.19. The van der Waals surface area contributed by atoms with Crippen LogP contribution in [0.15, 0.2) is 4.99 Å². The normalized spacial score (nSPS) is 11.6. The van der Waals surface area contributed by atoms with Gasteiger partial charge in [0.15, 0.2) is 5.96 Å². The molecular weight excluding hydrogens is 150 g/mol. The zero-order chi connectivity index (χ0) is 9.56. The molecule has 72 valence electrons. The van der Waals surface area contributed by atoms with Crippen molar-refractivity contribution < 1.29 is 0 Å². The molecule has 0 aromatic carbocycles. The Morgan fingerprint density at radius 3 is 2.17 bits per heavy atom. The fourth-order valence-electron chi connectivity index (χ4n) is 1.21. The first kappa shape index (κ1) is 11.3. The third kappa shape index (κ3) is 3.60. The summed E-state index contributed by atoms with van der Waals surface area (Å²) < 4.78 is 0. The highest BCUT2D eigenvalue weighted by atomic mass is 15.3. The van der Waals surface area contributed by atoms with Crippen LogP contribution in [0, 0.1) is 0 Å². The summed E-state index contributed by atoms with van der Waals surface area (Å²) in [5, 5.41) is 0. The van der Waals surface area contributed by atoms with Crippen LogP contribution in [-0.2, 0) is 0 Å². The van der Waals surface area contributed by atoms with E-state index in [1.807, 2.05) is 26.0 Å². The van der Waals surface area contributed by atoms with E-state index in [0.29, 0.717) is 0 Å². The smallest absolute Gasteiger partial charge is 0.195 e. The SMILES string of the molecule is CCCCN(C)C(=NC)N(C)C. The zero-order valence-electron chi connectivity index (χ0n) is 8.96. The fraction of sp³-hybridized carbons (Fsp3) is 0.889. The molecule has 0 aliphatic carbocycles. The summed E-state index contributed by atoms with van der Waals surface area (Å²) in [5.74, 6) is 1.04. The average Bonchev–Trinajstić information content (AvgIpc) is 2.01. The number of unbranched alkanes of at least 4 members (excludes halogenated alkanes) is 1. The van der Waals surface area contributed by atoms with Crippen molar-refractivity contribution in [3.63, 3.8) is 0 Å². The predicted molar refractivity (Wildman–Crippen MR) is 54.6 cm³/mol. The molecule has 0 heterocycles. The minimum absolute atomic E-state index is 1.04. The number of nitrogens with zero attached hydrogens (tertiary/aromatic N) is 3. The average molecular weight is 171 g/mol. The largest absolute Gasteiger partial charge is 0.349 e.